The van der Waals surface area contributed by atoms with Crippen molar-refractivity contribution in [1.29, 1.82) is 0 Å². The zero-order valence-electron chi connectivity index (χ0n) is 13.5. The van der Waals surface area contributed by atoms with Gasteiger partial charge in [0.15, 0.2) is 0 Å². The van der Waals surface area contributed by atoms with Gasteiger partial charge in [-0.25, -0.2) is 0 Å². The van der Waals surface area contributed by atoms with Crippen molar-refractivity contribution in [3.63, 3.8) is 0 Å². The van der Waals surface area contributed by atoms with E-state index in [2.05, 4.69) is 24.8 Å². The van der Waals surface area contributed by atoms with Gasteiger partial charge in [0.2, 0.25) is 0 Å². The van der Waals surface area contributed by atoms with E-state index in [1.54, 1.807) is 14.2 Å². The van der Waals surface area contributed by atoms with Gasteiger partial charge in [-0.2, -0.15) is 0 Å². The zero-order chi connectivity index (χ0) is 15.8. The smallest absolute Gasteiger partial charge is 0.129 e. The maximum absolute atomic E-state index is 6.07. The van der Waals surface area contributed by atoms with E-state index in [-0.39, 0.29) is 29.9 Å². The van der Waals surface area contributed by atoms with E-state index in [9.17, 15) is 0 Å². The molecule has 0 aromatic rings. The second-order valence-electron chi connectivity index (χ2n) is 5.63. The average Bonchev–Trinajstić information content (AvgIpc) is 2.54. The molecule has 6 heteroatoms. The lowest BCUT2D eigenvalue weighted by Gasteiger charge is -2.44. The number of methoxy groups -OCH3 is 2. The van der Waals surface area contributed by atoms with Crippen LogP contribution in [-0.2, 0) is 23.7 Å². The van der Waals surface area contributed by atoms with Crippen LogP contribution in [-0.4, -0.2) is 63.9 Å². The fourth-order valence-electron chi connectivity index (χ4n) is 2.91. The highest BCUT2D eigenvalue weighted by Gasteiger charge is 2.46. The molecule has 0 N–H and O–H groups in total. The van der Waals surface area contributed by atoms with Crippen molar-refractivity contribution >= 4 is 12.6 Å². The normalized spacial score (nSPS) is 39.9. The first kappa shape index (κ1) is 18.2. The minimum atomic E-state index is -0.347. The number of hydrogen-bond donors (Lipinski definition) is 1. The van der Waals surface area contributed by atoms with Crippen LogP contribution in [0.3, 0.4) is 0 Å². The standard InChI is InChI=1S/C16H28O5S/c1-17-14-13-12(21-16(22)15(14)18-2)11-19-9-7-5-3-4-6-8-10-20-13/h3-4,12-16,22H,5-11H2,1-2H3/b4-3-/t12-,13-,14+,15-,16+/m1/s1. The summed E-state index contributed by atoms with van der Waals surface area (Å²) in [7, 11) is 3.32. The second-order valence-corrected chi connectivity index (χ2v) is 6.14. The molecule has 2 rings (SSSR count). The first-order valence-corrected chi connectivity index (χ1v) is 8.53. The molecule has 0 saturated carbocycles. The number of fused-ring (bicyclic) bond motifs is 1. The van der Waals surface area contributed by atoms with Gasteiger partial charge in [-0.1, -0.05) is 12.2 Å². The van der Waals surface area contributed by atoms with Gasteiger partial charge in [0.25, 0.3) is 0 Å². The Hall–Kier alpha value is -0.110. The van der Waals surface area contributed by atoms with Gasteiger partial charge in [-0.15, -0.1) is 12.6 Å². The molecule has 5 nitrogen and oxygen atoms in total. The number of hydrogen-bond acceptors (Lipinski definition) is 6. The minimum absolute atomic E-state index is 0.187. The van der Waals surface area contributed by atoms with Gasteiger partial charge in [0.05, 0.1) is 6.61 Å². The predicted molar refractivity (Wildman–Crippen MR) is 87.4 cm³/mol. The summed E-state index contributed by atoms with van der Waals surface area (Å²) in [5.41, 5.74) is -0.347. The van der Waals surface area contributed by atoms with Crippen LogP contribution in [0.4, 0.5) is 0 Å². The van der Waals surface area contributed by atoms with Crippen molar-refractivity contribution in [1.82, 2.24) is 0 Å². The van der Waals surface area contributed by atoms with Gasteiger partial charge < -0.3 is 23.7 Å². The molecule has 0 radical (unpaired) electrons. The highest BCUT2D eigenvalue weighted by molar-refractivity contribution is 7.80. The van der Waals surface area contributed by atoms with Crippen LogP contribution in [0.2, 0.25) is 0 Å². The molecule has 0 aromatic heterocycles. The molecule has 0 unspecified atom stereocenters. The summed E-state index contributed by atoms with van der Waals surface area (Å²) in [6.45, 7) is 1.88. The van der Waals surface area contributed by atoms with Gasteiger partial charge in [-0.05, 0) is 25.7 Å². The molecule has 0 amide bonds. The Morgan fingerprint density at radius 1 is 1.00 bits per heavy atom. The van der Waals surface area contributed by atoms with E-state index in [0.717, 1.165) is 32.3 Å². The monoisotopic (exact) mass is 332 g/mol. The van der Waals surface area contributed by atoms with Gasteiger partial charge in [-0.3, -0.25) is 0 Å². The first-order chi connectivity index (χ1) is 10.8. The molecule has 1 fully saturated rings. The molecule has 22 heavy (non-hydrogen) atoms. The summed E-state index contributed by atoms with van der Waals surface area (Å²) < 4.78 is 28.9. The Morgan fingerprint density at radius 3 is 2.36 bits per heavy atom. The van der Waals surface area contributed by atoms with E-state index in [0.29, 0.717) is 13.2 Å². The van der Waals surface area contributed by atoms with Gasteiger partial charge in [0.1, 0.15) is 29.9 Å². The molecule has 2 aliphatic rings. The number of rotatable bonds is 2. The van der Waals surface area contributed by atoms with Crippen LogP contribution in [0.15, 0.2) is 12.2 Å². The lowest BCUT2D eigenvalue weighted by molar-refractivity contribution is -0.236. The maximum Gasteiger partial charge on any atom is 0.129 e. The molecule has 0 aromatic carbocycles. The van der Waals surface area contributed by atoms with Crippen molar-refractivity contribution in [2.24, 2.45) is 0 Å². The van der Waals surface area contributed by atoms with Crippen molar-refractivity contribution in [2.45, 2.75) is 55.5 Å². The van der Waals surface area contributed by atoms with Crippen LogP contribution in [0.5, 0.6) is 0 Å². The molecule has 0 aliphatic carbocycles. The second kappa shape index (κ2) is 9.90. The van der Waals surface area contributed by atoms with Crippen molar-refractivity contribution in [2.75, 3.05) is 34.0 Å². The highest BCUT2D eigenvalue weighted by Crippen LogP contribution is 2.29. The molecule has 2 aliphatic heterocycles. The molecule has 5 atom stereocenters. The van der Waals surface area contributed by atoms with E-state index in [4.69, 9.17) is 23.7 Å². The van der Waals surface area contributed by atoms with Crippen molar-refractivity contribution < 1.29 is 23.7 Å². The Bertz CT molecular complexity index is 338. The zero-order valence-corrected chi connectivity index (χ0v) is 14.4. The predicted octanol–water partition coefficient (Wildman–Crippen LogP) is 2.20. The molecular weight excluding hydrogens is 304 g/mol. The summed E-state index contributed by atoms with van der Waals surface area (Å²) in [4.78, 5) is 0. The average molecular weight is 332 g/mol. The van der Waals surface area contributed by atoms with Crippen LogP contribution in [0.25, 0.3) is 0 Å². The highest BCUT2D eigenvalue weighted by atomic mass is 32.1. The number of ether oxygens (including phenoxy) is 5. The quantitative estimate of drug-likeness (QED) is 0.620. The first-order valence-electron chi connectivity index (χ1n) is 8.01. The largest absolute Gasteiger partial charge is 0.379 e. The van der Waals surface area contributed by atoms with Crippen LogP contribution in [0.1, 0.15) is 25.7 Å². The van der Waals surface area contributed by atoms with Gasteiger partial charge >= 0.3 is 0 Å². The van der Waals surface area contributed by atoms with E-state index in [1.807, 2.05) is 0 Å². The summed E-state index contributed by atoms with van der Waals surface area (Å²) in [5, 5.41) is 0. The van der Waals surface area contributed by atoms with Crippen LogP contribution in [0, 0.1) is 0 Å². The van der Waals surface area contributed by atoms with Crippen LogP contribution < -0.4 is 0 Å². The molecule has 2 heterocycles. The Labute approximate surface area is 138 Å². The molecule has 1 saturated heterocycles. The van der Waals surface area contributed by atoms with Crippen LogP contribution >= 0.6 is 12.6 Å². The summed E-state index contributed by atoms with van der Waals surface area (Å²) in [5.74, 6) is 0. The van der Waals surface area contributed by atoms with E-state index in [1.165, 1.54) is 0 Å². The minimum Gasteiger partial charge on any atom is -0.379 e. The van der Waals surface area contributed by atoms with Gasteiger partial charge in [0, 0.05) is 27.4 Å². The Balaban J connectivity index is 2.05. The molecular formula is C16H28O5S. The fraction of sp³-hybridized carbons (Fsp3) is 0.875. The lowest BCUT2D eigenvalue weighted by Crippen LogP contribution is -2.59. The lowest BCUT2D eigenvalue weighted by atomic mass is 9.99. The molecule has 0 bridgehead atoms. The third-order valence-corrected chi connectivity index (χ3v) is 4.50. The molecule has 0 spiro atoms. The molecule has 128 valence electrons. The van der Waals surface area contributed by atoms with E-state index < -0.39 is 0 Å². The summed E-state index contributed by atoms with van der Waals surface area (Å²) in [6, 6.07) is 0. The summed E-state index contributed by atoms with van der Waals surface area (Å²) >= 11 is 4.48. The topological polar surface area (TPSA) is 46.2 Å². The van der Waals surface area contributed by atoms with E-state index >= 15 is 0 Å². The number of thiol groups is 1. The third-order valence-electron chi connectivity index (χ3n) is 4.09. The van der Waals surface area contributed by atoms with Crippen molar-refractivity contribution in [3.05, 3.63) is 12.2 Å². The fourth-order valence-corrected chi connectivity index (χ4v) is 3.36. The SMILES string of the molecule is CO[C@@H]1[C@@H](OC)[C@H](S)O[C@@H]2COCCC/C=C\CCCO[C@@H]12. The Morgan fingerprint density at radius 2 is 1.68 bits per heavy atom. The van der Waals surface area contributed by atoms with Crippen molar-refractivity contribution in [3.8, 4) is 0 Å². The Kier molecular flexibility index (Phi) is 8.21. The maximum atomic E-state index is 6.07. The summed E-state index contributed by atoms with van der Waals surface area (Å²) in [6.07, 6.45) is 7.65. The number of allylic oxidation sites excluding steroid dienone is 2. The third kappa shape index (κ3) is 4.94.